The van der Waals surface area contributed by atoms with E-state index in [0.717, 1.165) is 16.0 Å². The molecule has 11 atom stereocenters. The van der Waals surface area contributed by atoms with Gasteiger partial charge in [-0.05, 0) is 115 Å². The Labute approximate surface area is 533 Å². The molecule has 2 aromatic carbocycles. The summed E-state index contributed by atoms with van der Waals surface area (Å²) in [6, 6.07) is 3.18. The van der Waals surface area contributed by atoms with Crippen LogP contribution in [0.3, 0.4) is 0 Å². The number of primary amides is 1. The van der Waals surface area contributed by atoms with Crippen LogP contribution in [0.25, 0.3) is 0 Å². The summed E-state index contributed by atoms with van der Waals surface area (Å²) in [4.78, 5) is 126. The van der Waals surface area contributed by atoms with Crippen molar-refractivity contribution in [2.75, 3.05) is 52.2 Å². The number of carbonyl (C=O) groups excluding carboxylic acids is 9. The van der Waals surface area contributed by atoms with Gasteiger partial charge in [-0.25, -0.2) is 9.59 Å². The lowest BCUT2D eigenvalue weighted by Crippen LogP contribution is -2.54. The zero-order valence-electron chi connectivity index (χ0n) is 54.5. The molecule has 24 nitrogen and oxygen atoms in total. The second kappa shape index (κ2) is 33.2. The van der Waals surface area contributed by atoms with E-state index < -0.39 is 120 Å². The molecule has 3 aliphatic rings. The molecule has 3 aliphatic heterocycles. The predicted molar refractivity (Wildman–Crippen MR) is 337 cm³/mol. The molecular formula is C65H94ClN7O17. The maximum Gasteiger partial charge on any atom is 0.328 e. The number of nitrogens with two attached hydrogens (primary N) is 1. The summed E-state index contributed by atoms with van der Waals surface area (Å²) in [5.74, 6) is -5.75. The van der Waals surface area contributed by atoms with Crippen molar-refractivity contribution >= 4 is 76.5 Å². The van der Waals surface area contributed by atoms with Crippen LogP contribution in [0.15, 0.2) is 54.1 Å². The molecule has 2 fully saturated rings. The van der Waals surface area contributed by atoms with E-state index in [0.29, 0.717) is 50.0 Å². The number of nitrogens with zero attached hydrogens (tertiary/aromatic N) is 2. The number of anilines is 2. The van der Waals surface area contributed by atoms with Crippen LogP contribution < -0.4 is 41.4 Å². The molecule has 0 saturated carbocycles. The number of hydrogen-bond donors (Lipinski definition) is 6. The molecule has 5 rings (SSSR count). The van der Waals surface area contributed by atoms with E-state index >= 15 is 0 Å². The number of epoxide rings is 1. The van der Waals surface area contributed by atoms with Gasteiger partial charge in [0, 0.05) is 52.6 Å². The van der Waals surface area contributed by atoms with Crippen molar-refractivity contribution in [3.63, 3.8) is 0 Å². The molecule has 4 bridgehead atoms. The smallest absolute Gasteiger partial charge is 0.328 e. The average Bonchev–Trinajstić information content (AvgIpc) is 1.58. The molecular weight excluding hydrogens is 1190 g/mol. The molecule has 0 spiro atoms. The number of nitrogens with one attached hydrogen (secondary N) is 4. The van der Waals surface area contributed by atoms with Gasteiger partial charge in [0.15, 0.2) is 0 Å². The van der Waals surface area contributed by atoms with Gasteiger partial charge in [0.1, 0.15) is 64.2 Å². The number of benzene rings is 2. The minimum Gasteiger partial charge on any atom is -0.497 e. The van der Waals surface area contributed by atoms with Crippen molar-refractivity contribution in [2.45, 2.75) is 199 Å². The molecule has 25 heteroatoms. The van der Waals surface area contributed by atoms with Gasteiger partial charge >= 0.3 is 23.9 Å². The summed E-state index contributed by atoms with van der Waals surface area (Å²) in [6.45, 7) is 15.9. The Bertz CT molecular complexity index is 2970. The molecule has 0 radical (unpaired) electrons. The maximum absolute atomic E-state index is 14.7. The highest BCUT2D eigenvalue weighted by atomic mass is 35.5. The highest BCUT2D eigenvalue weighted by Gasteiger charge is 2.64. The minimum atomic E-state index is -1.69. The second-order valence-corrected chi connectivity index (χ2v) is 24.7. The Morgan fingerprint density at radius 2 is 1.63 bits per heavy atom. The number of amides is 7. The fourth-order valence-electron chi connectivity index (χ4n) is 11.3. The molecule has 90 heavy (non-hydrogen) atoms. The number of esters is 3. The zero-order chi connectivity index (χ0) is 66.9. The van der Waals surface area contributed by atoms with Crippen LogP contribution >= 0.6 is 11.6 Å². The maximum atomic E-state index is 14.7. The number of urea groups is 1. The summed E-state index contributed by atoms with van der Waals surface area (Å²) in [6.07, 6.45) is 3.63. The third-order valence-corrected chi connectivity index (χ3v) is 17.6. The van der Waals surface area contributed by atoms with Crippen molar-refractivity contribution < 1.29 is 81.4 Å². The van der Waals surface area contributed by atoms with Gasteiger partial charge in [0.25, 0.3) is 5.91 Å². The zero-order valence-corrected chi connectivity index (χ0v) is 55.2. The third-order valence-electron chi connectivity index (χ3n) is 17.2. The Hall–Kier alpha value is -7.28. The third kappa shape index (κ3) is 19.4. The van der Waals surface area contributed by atoms with Crippen LogP contribution in [0.4, 0.5) is 16.2 Å². The number of rotatable bonds is 26. The molecule has 498 valence electrons. The summed E-state index contributed by atoms with van der Waals surface area (Å²) < 4.78 is 41.0. The number of likely N-dealkylation sites (N-methyl/N-ethyl adjacent to an activating group) is 1. The summed E-state index contributed by atoms with van der Waals surface area (Å²) in [5, 5.41) is 23.0. The van der Waals surface area contributed by atoms with E-state index in [4.69, 9.17) is 50.5 Å². The largest absolute Gasteiger partial charge is 0.497 e. The number of aliphatic hydroxyl groups is 1. The van der Waals surface area contributed by atoms with Crippen LogP contribution in [-0.4, -0.2) is 165 Å². The first kappa shape index (κ1) is 73.5. The predicted octanol–water partition coefficient (Wildman–Crippen LogP) is 7.03. The van der Waals surface area contributed by atoms with Crippen molar-refractivity contribution in [3.8, 4) is 11.5 Å². The van der Waals surface area contributed by atoms with E-state index in [2.05, 4.69) is 21.3 Å². The monoisotopic (exact) mass is 1280 g/mol. The standard InChI is InChI=1S/C65H94ClN7O17/c1-15-42(16-2)62(81)87-38(6)22-17-18-25-52(74)71-56(36(3)4)59(78)69-45(23-20-28-68-63(67)82)58(77)70-46-32-43(84-12)26-27-44(46)60(79)72(10)40(8)61(80)89-51-33-53(75)73(11)47-30-41(31-48(85-13)55(47)66)29-37(5)21-19-24-50(86-14)65(83)34-49(88-54(76)35-65)39(7)57-64(51,9)90-57/h19,21,24,26-27,30-32,36,38-40,42,45,49-51,56-57,83H,15-18,20,22-23,25,28-29,33-35H2,1-14H3,(H,69,78)(H,70,77)(H,71,74)(H3,67,68,82)/b24-19+,37-21+/t38?,39-,40+,45+,49+,50-,51+,56+,57+,64+,65-/m1/s1. The Morgan fingerprint density at radius 3 is 2.27 bits per heavy atom. The van der Waals surface area contributed by atoms with E-state index in [-0.39, 0.29) is 78.7 Å². The van der Waals surface area contributed by atoms with Crippen molar-refractivity contribution in [1.82, 2.24) is 20.9 Å². The van der Waals surface area contributed by atoms with Gasteiger partial charge in [-0.3, -0.25) is 33.6 Å². The molecule has 1 unspecified atom stereocenters. The molecule has 7 N–H and O–H groups in total. The van der Waals surface area contributed by atoms with Crippen molar-refractivity contribution in [3.05, 3.63) is 70.3 Å². The molecule has 7 amide bonds. The van der Waals surface area contributed by atoms with Gasteiger partial charge in [0.2, 0.25) is 23.6 Å². The Balaban J connectivity index is 1.39. The van der Waals surface area contributed by atoms with Crippen LogP contribution in [0.5, 0.6) is 11.5 Å². The summed E-state index contributed by atoms with van der Waals surface area (Å²) in [7, 11) is 7.13. The fourth-order valence-corrected chi connectivity index (χ4v) is 11.6. The van der Waals surface area contributed by atoms with Crippen LogP contribution in [0.1, 0.15) is 149 Å². The summed E-state index contributed by atoms with van der Waals surface area (Å²) >= 11 is 6.89. The topological polar surface area (TPSA) is 322 Å². The fraction of sp³-hybridized carbons (Fsp3) is 0.615. The number of ether oxygens (including phenoxy) is 7. The Kier molecular flexibility index (Phi) is 27.1. The molecule has 2 saturated heterocycles. The average molecular weight is 1280 g/mol. The van der Waals surface area contributed by atoms with Gasteiger partial charge in [0.05, 0.1) is 62.1 Å². The van der Waals surface area contributed by atoms with Crippen LogP contribution in [0.2, 0.25) is 5.02 Å². The quantitative estimate of drug-likeness (QED) is 0.0238. The van der Waals surface area contributed by atoms with Gasteiger partial charge in [-0.2, -0.15) is 0 Å². The SMILES string of the molecule is CCC(CC)C(=O)OC(C)CCCCC(=O)N[C@H](C(=O)N[C@@H](CCCNC(N)=O)C(=O)Nc1cc(OC)ccc1C(=O)N(C)[C@@H](C)C(=O)O[C@H]1CC(=O)N(C)c2cc(cc(OC)c2Cl)C/C(C)=C/C=C/[C@@H](OC)[C@]2(O)CC(=O)O[C@@H](C2)[C@@H](C)[C@@H]2O[C@@]12C)C(C)C. The Morgan fingerprint density at radius 1 is 0.933 bits per heavy atom. The number of carbonyl (C=O) groups is 9. The molecule has 0 aliphatic carbocycles. The van der Waals surface area contributed by atoms with Crippen LogP contribution in [0, 0.1) is 17.8 Å². The number of methoxy groups -OCH3 is 3. The first-order valence-electron chi connectivity index (χ1n) is 30.8. The normalized spacial score (nSPS) is 24.1. The first-order valence-corrected chi connectivity index (χ1v) is 31.2. The van der Waals surface area contributed by atoms with Crippen molar-refractivity contribution in [1.29, 1.82) is 0 Å². The van der Waals surface area contributed by atoms with E-state index in [1.54, 1.807) is 52.0 Å². The number of unbranched alkanes of at least 4 members (excludes halogenated alkanes) is 1. The van der Waals surface area contributed by atoms with Crippen molar-refractivity contribution in [2.24, 2.45) is 23.5 Å². The number of fused-ring (bicyclic) bond motifs is 5. The number of hydrogen-bond acceptors (Lipinski definition) is 17. The lowest BCUT2D eigenvalue weighted by molar-refractivity contribution is -0.187. The van der Waals surface area contributed by atoms with Gasteiger partial charge in [-0.1, -0.05) is 70.0 Å². The van der Waals surface area contributed by atoms with E-state index in [9.17, 15) is 48.3 Å². The number of allylic oxidation sites excluding steroid dienone is 3. The minimum absolute atomic E-state index is 0.0377. The van der Waals surface area contributed by atoms with Gasteiger partial charge in [-0.15, -0.1) is 0 Å². The highest BCUT2D eigenvalue weighted by Crippen LogP contribution is 2.50. The molecule has 3 heterocycles. The summed E-state index contributed by atoms with van der Waals surface area (Å²) in [5.41, 5.74) is 3.97. The number of halogens is 1. The lowest BCUT2D eigenvalue weighted by atomic mass is 9.78. The molecule has 2 aromatic rings. The van der Waals surface area contributed by atoms with E-state index in [1.165, 1.54) is 65.4 Å². The molecule has 0 aromatic heterocycles. The second-order valence-electron chi connectivity index (χ2n) is 24.3. The van der Waals surface area contributed by atoms with Gasteiger partial charge < -0.3 is 75.1 Å². The lowest BCUT2D eigenvalue weighted by Gasteiger charge is -2.41. The van der Waals surface area contributed by atoms with E-state index in [1.807, 2.05) is 33.8 Å². The van der Waals surface area contributed by atoms with Crippen LogP contribution in [-0.2, 0) is 63.7 Å². The first-order chi connectivity index (χ1) is 42.4. The highest BCUT2D eigenvalue weighted by molar-refractivity contribution is 6.35.